The second kappa shape index (κ2) is 5.12. The minimum Gasteiger partial charge on any atom is -0.469 e. The predicted molar refractivity (Wildman–Crippen MR) is 62.2 cm³/mol. The summed E-state index contributed by atoms with van der Waals surface area (Å²) in [5, 5.41) is 9.47. The summed E-state index contributed by atoms with van der Waals surface area (Å²) in [7, 11) is 1.36. The van der Waals surface area contributed by atoms with Crippen LogP contribution < -0.4 is 0 Å². The average molecular weight is 222 g/mol. The number of carbonyl (C=O) groups is 1. The highest BCUT2D eigenvalue weighted by molar-refractivity contribution is 5.71. The largest absolute Gasteiger partial charge is 0.469 e. The minimum atomic E-state index is -0.570. The maximum atomic E-state index is 11.3. The molecule has 0 aliphatic heterocycles. The van der Waals surface area contributed by atoms with Gasteiger partial charge in [0.05, 0.1) is 20.1 Å². The van der Waals surface area contributed by atoms with Gasteiger partial charge in [-0.25, -0.2) is 0 Å². The van der Waals surface area contributed by atoms with E-state index in [4.69, 9.17) is 0 Å². The van der Waals surface area contributed by atoms with Gasteiger partial charge in [-0.2, -0.15) is 0 Å². The topological polar surface area (TPSA) is 46.5 Å². The Morgan fingerprint density at radius 3 is 2.69 bits per heavy atom. The average Bonchev–Trinajstić information content (AvgIpc) is 2.28. The second-order valence-corrected chi connectivity index (χ2v) is 4.34. The van der Waals surface area contributed by atoms with E-state index in [1.165, 1.54) is 7.11 Å². The molecule has 0 spiro atoms. The first-order valence-corrected chi connectivity index (χ1v) is 5.26. The molecule has 3 nitrogen and oxygen atoms in total. The number of methoxy groups -OCH3 is 1. The summed E-state index contributed by atoms with van der Waals surface area (Å²) in [4.78, 5) is 11.3. The molecule has 0 amide bonds. The van der Waals surface area contributed by atoms with Crippen LogP contribution in [0.15, 0.2) is 24.3 Å². The van der Waals surface area contributed by atoms with Gasteiger partial charge in [0.15, 0.2) is 0 Å². The van der Waals surface area contributed by atoms with Gasteiger partial charge in [-0.05, 0) is 12.5 Å². The quantitative estimate of drug-likeness (QED) is 0.790. The zero-order valence-corrected chi connectivity index (χ0v) is 9.99. The highest BCUT2D eigenvalue weighted by atomic mass is 16.5. The molecule has 16 heavy (non-hydrogen) atoms. The van der Waals surface area contributed by atoms with E-state index in [2.05, 4.69) is 4.74 Å². The molecule has 0 fully saturated rings. The molecule has 0 saturated heterocycles. The molecular weight excluding hydrogens is 204 g/mol. The van der Waals surface area contributed by atoms with Crippen molar-refractivity contribution in [3.05, 3.63) is 35.4 Å². The number of benzene rings is 1. The van der Waals surface area contributed by atoms with Gasteiger partial charge in [0.1, 0.15) is 0 Å². The summed E-state index contributed by atoms with van der Waals surface area (Å²) in [5.74, 6) is -0.307. The van der Waals surface area contributed by atoms with Crippen molar-refractivity contribution in [2.75, 3.05) is 13.7 Å². The van der Waals surface area contributed by atoms with Crippen LogP contribution in [-0.4, -0.2) is 24.8 Å². The fraction of sp³-hybridized carbons (Fsp3) is 0.462. The molecule has 0 aliphatic rings. The molecule has 0 saturated carbocycles. The lowest BCUT2D eigenvalue weighted by Gasteiger charge is -2.26. The van der Waals surface area contributed by atoms with E-state index in [0.29, 0.717) is 0 Å². The molecule has 1 rings (SSSR count). The predicted octanol–water partition coefficient (Wildman–Crippen LogP) is 1.81. The molecule has 3 heteroatoms. The normalized spacial score (nSPS) is 14.2. The maximum absolute atomic E-state index is 11.3. The van der Waals surface area contributed by atoms with Gasteiger partial charge in [-0.15, -0.1) is 0 Å². The van der Waals surface area contributed by atoms with Crippen LogP contribution in [0.2, 0.25) is 0 Å². The lowest BCUT2D eigenvalue weighted by atomic mass is 9.80. The number of ether oxygens (including phenoxy) is 1. The Morgan fingerprint density at radius 1 is 1.50 bits per heavy atom. The minimum absolute atomic E-state index is 0.0778. The highest BCUT2D eigenvalue weighted by Gasteiger charge is 2.29. The Bertz CT molecular complexity index is 373. The summed E-state index contributed by atoms with van der Waals surface area (Å²) in [6.45, 7) is 3.77. The van der Waals surface area contributed by atoms with Gasteiger partial charge in [0, 0.05) is 5.41 Å². The Kier molecular flexibility index (Phi) is 4.07. The van der Waals surface area contributed by atoms with Crippen LogP contribution in [0, 0.1) is 6.92 Å². The first-order valence-electron chi connectivity index (χ1n) is 5.26. The molecule has 0 radical (unpaired) electrons. The summed E-state index contributed by atoms with van der Waals surface area (Å²) < 4.78 is 4.65. The number of aliphatic hydroxyl groups excluding tert-OH is 1. The van der Waals surface area contributed by atoms with E-state index in [0.717, 1.165) is 11.1 Å². The van der Waals surface area contributed by atoms with E-state index in [9.17, 15) is 9.90 Å². The third-order valence-corrected chi connectivity index (χ3v) is 2.83. The lowest BCUT2D eigenvalue weighted by molar-refractivity contribution is -0.142. The Balaban J connectivity index is 2.99. The van der Waals surface area contributed by atoms with Gasteiger partial charge in [0.2, 0.25) is 0 Å². The van der Waals surface area contributed by atoms with Gasteiger partial charge >= 0.3 is 5.97 Å². The molecular formula is C13H18O3. The maximum Gasteiger partial charge on any atom is 0.306 e. The highest BCUT2D eigenvalue weighted by Crippen LogP contribution is 2.28. The van der Waals surface area contributed by atoms with E-state index in [-0.39, 0.29) is 19.0 Å². The fourth-order valence-electron chi connectivity index (χ4n) is 1.66. The molecule has 88 valence electrons. The number of rotatable bonds is 4. The van der Waals surface area contributed by atoms with Crippen LogP contribution in [0.5, 0.6) is 0 Å². The Labute approximate surface area is 96.1 Å². The molecule has 0 aromatic heterocycles. The monoisotopic (exact) mass is 222 g/mol. The molecule has 1 aromatic carbocycles. The smallest absolute Gasteiger partial charge is 0.306 e. The van der Waals surface area contributed by atoms with Gasteiger partial charge in [-0.1, -0.05) is 36.8 Å². The number of esters is 1. The molecule has 1 atom stereocenters. The summed E-state index contributed by atoms with van der Waals surface area (Å²) >= 11 is 0. The Morgan fingerprint density at radius 2 is 2.19 bits per heavy atom. The molecule has 0 bridgehead atoms. The van der Waals surface area contributed by atoms with Crippen LogP contribution in [-0.2, 0) is 14.9 Å². The van der Waals surface area contributed by atoms with Crippen molar-refractivity contribution in [1.29, 1.82) is 0 Å². The van der Waals surface area contributed by atoms with Crippen molar-refractivity contribution < 1.29 is 14.6 Å². The first kappa shape index (κ1) is 12.7. The van der Waals surface area contributed by atoms with Gasteiger partial charge < -0.3 is 9.84 Å². The van der Waals surface area contributed by atoms with Crippen LogP contribution in [0.1, 0.15) is 24.5 Å². The molecule has 1 unspecified atom stereocenters. The van der Waals surface area contributed by atoms with E-state index >= 15 is 0 Å². The van der Waals surface area contributed by atoms with Crippen molar-refractivity contribution in [3.63, 3.8) is 0 Å². The van der Waals surface area contributed by atoms with Crippen LogP contribution in [0.25, 0.3) is 0 Å². The fourth-order valence-corrected chi connectivity index (χ4v) is 1.66. The lowest BCUT2D eigenvalue weighted by Crippen LogP contribution is -2.30. The van der Waals surface area contributed by atoms with E-state index in [1.54, 1.807) is 0 Å². The SMILES string of the molecule is COC(=O)CC(C)(CO)c1cccc(C)c1. The Hall–Kier alpha value is -1.35. The van der Waals surface area contributed by atoms with Crippen molar-refractivity contribution in [3.8, 4) is 0 Å². The first-order chi connectivity index (χ1) is 7.51. The molecule has 0 aliphatic carbocycles. The van der Waals surface area contributed by atoms with E-state index < -0.39 is 5.41 Å². The van der Waals surface area contributed by atoms with Crippen LogP contribution in [0.4, 0.5) is 0 Å². The summed E-state index contributed by atoms with van der Waals surface area (Å²) in [5.41, 5.74) is 1.50. The van der Waals surface area contributed by atoms with Crippen molar-refractivity contribution >= 4 is 5.97 Å². The molecule has 1 N–H and O–H groups in total. The number of aryl methyl sites for hydroxylation is 1. The van der Waals surface area contributed by atoms with Crippen molar-refractivity contribution in [2.24, 2.45) is 0 Å². The zero-order valence-electron chi connectivity index (χ0n) is 9.99. The number of hydrogen-bond acceptors (Lipinski definition) is 3. The standard InChI is InChI=1S/C13H18O3/c1-10-5-4-6-11(7-10)13(2,9-14)8-12(15)16-3/h4-7,14H,8-9H2,1-3H3. The molecule has 1 aromatic rings. The second-order valence-electron chi connectivity index (χ2n) is 4.34. The summed E-state index contributed by atoms with van der Waals surface area (Å²) in [6, 6.07) is 7.82. The summed E-state index contributed by atoms with van der Waals surface area (Å²) in [6.07, 6.45) is 0.184. The number of carbonyl (C=O) groups excluding carboxylic acids is 1. The van der Waals surface area contributed by atoms with Gasteiger partial charge in [-0.3, -0.25) is 4.79 Å². The zero-order chi connectivity index (χ0) is 12.2. The van der Waals surface area contributed by atoms with Crippen LogP contribution in [0.3, 0.4) is 0 Å². The number of aliphatic hydroxyl groups is 1. The third kappa shape index (κ3) is 2.83. The molecule has 0 heterocycles. The van der Waals surface area contributed by atoms with Crippen LogP contribution >= 0.6 is 0 Å². The van der Waals surface area contributed by atoms with Gasteiger partial charge in [0.25, 0.3) is 0 Å². The van der Waals surface area contributed by atoms with E-state index in [1.807, 2.05) is 38.1 Å². The van der Waals surface area contributed by atoms with Crippen molar-refractivity contribution in [1.82, 2.24) is 0 Å². The van der Waals surface area contributed by atoms with Crippen molar-refractivity contribution in [2.45, 2.75) is 25.7 Å². The third-order valence-electron chi connectivity index (χ3n) is 2.83. The number of hydrogen-bond donors (Lipinski definition) is 1.